The van der Waals surface area contributed by atoms with Crippen LogP contribution in [0.15, 0.2) is 5.38 Å². The largest absolute Gasteiger partial charge is 0.306 e. The molecule has 0 aromatic carbocycles. The summed E-state index contributed by atoms with van der Waals surface area (Å²) in [6, 6.07) is 0.442. The molecule has 1 aliphatic rings. The molecular weight excluding hydrogens is 182 g/mol. The van der Waals surface area contributed by atoms with Gasteiger partial charge in [0.25, 0.3) is 0 Å². The van der Waals surface area contributed by atoms with Gasteiger partial charge in [0, 0.05) is 30.7 Å². The molecule has 3 nitrogen and oxygen atoms in total. The third-order valence-corrected chi connectivity index (χ3v) is 3.39. The maximum atomic E-state index is 4.50. The molecule has 1 aliphatic heterocycles. The normalized spacial score (nSPS) is 24.9. The number of thiazole rings is 1. The zero-order chi connectivity index (χ0) is 9.26. The molecule has 1 fully saturated rings. The second-order valence-corrected chi connectivity index (χ2v) is 4.49. The number of nitrogens with one attached hydrogen (secondary N) is 1. The minimum absolute atomic E-state index is 0.442. The Morgan fingerprint density at radius 2 is 2.54 bits per heavy atom. The van der Waals surface area contributed by atoms with E-state index in [0.717, 1.165) is 25.3 Å². The van der Waals surface area contributed by atoms with Gasteiger partial charge in [-0.15, -0.1) is 11.3 Å². The van der Waals surface area contributed by atoms with Crippen molar-refractivity contribution in [3.63, 3.8) is 0 Å². The average molecular weight is 197 g/mol. The fourth-order valence-electron chi connectivity index (χ4n) is 1.59. The first-order valence-electron chi connectivity index (χ1n) is 4.59. The van der Waals surface area contributed by atoms with Gasteiger partial charge in [-0.2, -0.15) is 0 Å². The van der Waals surface area contributed by atoms with Crippen molar-refractivity contribution in [3.05, 3.63) is 16.1 Å². The van der Waals surface area contributed by atoms with Crippen LogP contribution < -0.4 is 5.32 Å². The van der Waals surface area contributed by atoms with E-state index < -0.39 is 0 Å². The van der Waals surface area contributed by atoms with Gasteiger partial charge < -0.3 is 10.2 Å². The standard InChI is InChI=1S/C9H15N3S/c1-7-6-13-9(11-7)8-5-12(2)4-3-10-8/h6,8,10H,3-5H2,1-2H3. The highest BCUT2D eigenvalue weighted by Gasteiger charge is 2.20. The number of aromatic nitrogens is 1. The molecule has 0 radical (unpaired) electrons. The Morgan fingerprint density at radius 3 is 3.15 bits per heavy atom. The number of rotatable bonds is 1. The molecule has 1 atom stereocenters. The summed E-state index contributed by atoms with van der Waals surface area (Å²) < 4.78 is 0. The van der Waals surface area contributed by atoms with Gasteiger partial charge in [0.15, 0.2) is 0 Å². The van der Waals surface area contributed by atoms with E-state index in [9.17, 15) is 0 Å². The maximum absolute atomic E-state index is 4.50. The lowest BCUT2D eigenvalue weighted by Crippen LogP contribution is -2.43. The van der Waals surface area contributed by atoms with Crippen LogP contribution in [0.3, 0.4) is 0 Å². The summed E-state index contributed by atoms with van der Waals surface area (Å²) in [4.78, 5) is 6.84. The van der Waals surface area contributed by atoms with Gasteiger partial charge in [-0.05, 0) is 14.0 Å². The van der Waals surface area contributed by atoms with E-state index in [0.29, 0.717) is 6.04 Å². The van der Waals surface area contributed by atoms with Gasteiger partial charge in [-0.3, -0.25) is 0 Å². The molecule has 0 amide bonds. The molecule has 1 aromatic rings. The summed E-state index contributed by atoms with van der Waals surface area (Å²) in [6.07, 6.45) is 0. The summed E-state index contributed by atoms with van der Waals surface area (Å²) >= 11 is 1.76. The van der Waals surface area contributed by atoms with Crippen LogP contribution in [-0.4, -0.2) is 36.6 Å². The van der Waals surface area contributed by atoms with E-state index >= 15 is 0 Å². The van der Waals surface area contributed by atoms with Gasteiger partial charge in [0.2, 0.25) is 0 Å². The van der Waals surface area contributed by atoms with E-state index in [1.54, 1.807) is 11.3 Å². The van der Waals surface area contributed by atoms with Crippen molar-refractivity contribution in [3.8, 4) is 0 Å². The van der Waals surface area contributed by atoms with E-state index in [1.165, 1.54) is 5.01 Å². The number of piperazine rings is 1. The zero-order valence-electron chi connectivity index (χ0n) is 8.08. The SMILES string of the molecule is Cc1csc(C2CN(C)CCN2)n1. The van der Waals surface area contributed by atoms with Crippen molar-refractivity contribution in [1.29, 1.82) is 0 Å². The Kier molecular flexibility index (Phi) is 2.62. The second kappa shape index (κ2) is 3.74. The highest BCUT2D eigenvalue weighted by atomic mass is 32.1. The molecule has 1 aromatic heterocycles. The van der Waals surface area contributed by atoms with Gasteiger partial charge in [0.05, 0.1) is 6.04 Å². The molecule has 2 heterocycles. The maximum Gasteiger partial charge on any atom is 0.111 e. The van der Waals surface area contributed by atoms with Crippen molar-refractivity contribution >= 4 is 11.3 Å². The monoisotopic (exact) mass is 197 g/mol. The molecule has 1 saturated heterocycles. The first-order chi connectivity index (χ1) is 6.25. The number of nitrogens with zero attached hydrogens (tertiary/aromatic N) is 2. The second-order valence-electron chi connectivity index (χ2n) is 3.60. The molecule has 1 N–H and O–H groups in total. The molecular formula is C9H15N3S. The van der Waals surface area contributed by atoms with E-state index in [-0.39, 0.29) is 0 Å². The zero-order valence-corrected chi connectivity index (χ0v) is 8.90. The summed E-state index contributed by atoms with van der Waals surface area (Å²) in [5.41, 5.74) is 1.13. The van der Waals surface area contributed by atoms with Gasteiger partial charge in [0.1, 0.15) is 5.01 Å². The first-order valence-corrected chi connectivity index (χ1v) is 5.47. The van der Waals surface area contributed by atoms with Crippen molar-refractivity contribution < 1.29 is 0 Å². The van der Waals surface area contributed by atoms with Crippen LogP contribution in [-0.2, 0) is 0 Å². The minimum Gasteiger partial charge on any atom is -0.306 e. The number of likely N-dealkylation sites (N-methyl/N-ethyl adjacent to an activating group) is 1. The molecule has 13 heavy (non-hydrogen) atoms. The predicted molar refractivity (Wildman–Crippen MR) is 55.1 cm³/mol. The van der Waals surface area contributed by atoms with Gasteiger partial charge >= 0.3 is 0 Å². The van der Waals surface area contributed by atoms with Crippen LogP contribution in [0.25, 0.3) is 0 Å². The van der Waals surface area contributed by atoms with Crippen LogP contribution in [0.4, 0.5) is 0 Å². The Labute approximate surface area is 82.8 Å². The van der Waals surface area contributed by atoms with Gasteiger partial charge in [-0.1, -0.05) is 0 Å². The van der Waals surface area contributed by atoms with Crippen molar-refractivity contribution in [2.24, 2.45) is 0 Å². The fraction of sp³-hybridized carbons (Fsp3) is 0.667. The fourth-order valence-corrected chi connectivity index (χ4v) is 2.46. The van der Waals surface area contributed by atoms with Crippen LogP contribution in [0.5, 0.6) is 0 Å². The quantitative estimate of drug-likeness (QED) is 0.729. The lowest BCUT2D eigenvalue weighted by molar-refractivity contribution is 0.240. The Morgan fingerprint density at radius 1 is 1.69 bits per heavy atom. The van der Waals surface area contributed by atoms with Crippen molar-refractivity contribution in [1.82, 2.24) is 15.2 Å². The topological polar surface area (TPSA) is 28.2 Å². The van der Waals surface area contributed by atoms with Crippen molar-refractivity contribution in [2.75, 3.05) is 26.7 Å². The van der Waals surface area contributed by atoms with E-state index in [4.69, 9.17) is 0 Å². The molecule has 0 saturated carbocycles. The van der Waals surface area contributed by atoms with Crippen LogP contribution in [0.2, 0.25) is 0 Å². The molecule has 0 spiro atoms. The predicted octanol–water partition coefficient (Wildman–Crippen LogP) is 1.03. The summed E-state index contributed by atoms with van der Waals surface area (Å²) in [7, 11) is 2.16. The number of aryl methyl sites for hydroxylation is 1. The Hall–Kier alpha value is -0.450. The minimum atomic E-state index is 0.442. The molecule has 72 valence electrons. The Bertz CT molecular complexity index is 284. The van der Waals surface area contributed by atoms with Crippen LogP contribution >= 0.6 is 11.3 Å². The molecule has 4 heteroatoms. The molecule has 2 rings (SSSR count). The molecule has 0 bridgehead atoms. The van der Waals surface area contributed by atoms with E-state index in [1.807, 2.05) is 6.92 Å². The Balaban J connectivity index is 2.08. The number of hydrogen-bond donors (Lipinski definition) is 1. The summed E-state index contributed by atoms with van der Waals surface area (Å²) in [5.74, 6) is 0. The van der Waals surface area contributed by atoms with Crippen LogP contribution in [0, 0.1) is 6.92 Å². The summed E-state index contributed by atoms with van der Waals surface area (Å²) in [6.45, 7) is 5.33. The highest BCUT2D eigenvalue weighted by Crippen LogP contribution is 2.20. The van der Waals surface area contributed by atoms with Crippen molar-refractivity contribution in [2.45, 2.75) is 13.0 Å². The lowest BCUT2D eigenvalue weighted by atomic mass is 10.2. The smallest absolute Gasteiger partial charge is 0.111 e. The molecule has 1 unspecified atom stereocenters. The van der Waals surface area contributed by atoms with Crippen LogP contribution in [0.1, 0.15) is 16.7 Å². The lowest BCUT2D eigenvalue weighted by Gasteiger charge is -2.29. The summed E-state index contributed by atoms with van der Waals surface area (Å²) in [5, 5.41) is 6.83. The highest BCUT2D eigenvalue weighted by molar-refractivity contribution is 7.09. The van der Waals surface area contributed by atoms with Gasteiger partial charge in [-0.25, -0.2) is 4.98 Å². The molecule has 0 aliphatic carbocycles. The third-order valence-electron chi connectivity index (χ3n) is 2.31. The first kappa shape index (κ1) is 9.12. The third kappa shape index (κ3) is 2.07. The average Bonchev–Trinajstić information content (AvgIpc) is 2.52. The number of hydrogen-bond acceptors (Lipinski definition) is 4. The van der Waals surface area contributed by atoms with E-state index in [2.05, 4.69) is 27.6 Å².